The molecule has 2 aliphatic heterocycles. The van der Waals surface area contributed by atoms with Crippen LogP contribution in [0.2, 0.25) is 0 Å². The molecule has 1 saturated carbocycles. The van der Waals surface area contributed by atoms with E-state index in [1.807, 2.05) is 46.7 Å². The average molecular weight is 439 g/mol. The summed E-state index contributed by atoms with van der Waals surface area (Å²) >= 11 is 0. The van der Waals surface area contributed by atoms with Gasteiger partial charge in [0.1, 0.15) is 11.2 Å². The molecule has 1 saturated heterocycles. The number of morpholine rings is 1. The lowest BCUT2D eigenvalue weighted by molar-refractivity contribution is -0.134. The number of hydrogen-bond acceptors (Lipinski definition) is 4. The molecule has 5 rings (SSSR count). The highest BCUT2D eigenvalue weighted by Gasteiger charge is 2.48. The number of ether oxygens (including phenoxy) is 1. The van der Waals surface area contributed by atoms with Crippen LogP contribution in [0.5, 0.6) is 0 Å². The number of rotatable bonds is 5. The van der Waals surface area contributed by atoms with Crippen molar-refractivity contribution < 1.29 is 14.3 Å². The van der Waals surface area contributed by atoms with Crippen LogP contribution in [0.4, 0.5) is 0 Å². The first-order valence-corrected chi connectivity index (χ1v) is 12.1. The minimum absolute atomic E-state index is 0.0249. The molecular weight excluding hydrogens is 404 g/mol. The van der Waals surface area contributed by atoms with E-state index in [0.29, 0.717) is 18.8 Å². The van der Waals surface area contributed by atoms with Crippen LogP contribution < -0.4 is 5.32 Å². The molecule has 1 aromatic heterocycles. The minimum atomic E-state index is -0.921. The second-order valence-corrected chi connectivity index (χ2v) is 9.67. The Kier molecular flexibility index (Phi) is 5.95. The summed E-state index contributed by atoms with van der Waals surface area (Å²) in [6, 6.07) is 10.2. The normalized spacial score (nSPS) is 25.2. The summed E-state index contributed by atoms with van der Waals surface area (Å²) in [5.41, 5.74) is 0.770. The van der Waals surface area contributed by atoms with Crippen molar-refractivity contribution in [1.82, 2.24) is 19.7 Å². The van der Waals surface area contributed by atoms with Crippen LogP contribution in [0.1, 0.15) is 49.5 Å². The van der Waals surface area contributed by atoms with E-state index in [1.165, 1.54) is 6.42 Å². The number of benzene rings is 1. The Hall–Kier alpha value is -2.38. The Balaban J connectivity index is 1.45. The predicted octanol–water partition coefficient (Wildman–Crippen LogP) is 2.64. The average Bonchev–Trinajstić information content (AvgIpc) is 3.19. The van der Waals surface area contributed by atoms with E-state index in [-0.39, 0.29) is 17.9 Å². The first-order valence-electron chi connectivity index (χ1n) is 12.1. The van der Waals surface area contributed by atoms with Crippen LogP contribution in [0, 0.1) is 0 Å². The molecule has 32 heavy (non-hydrogen) atoms. The van der Waals surface area contributed by atoms with Gasteiger partial charge in [0.15, 0.2) is 0 Å². The molecule has 7 heteroatoms. The van der Waals surface area contributed by atoms with Gasteiger partial charge in [0.2, 0.25) is 5.91 Å². The second-order valence-electron chi connectivity index (χ2n) is 9.67. The molecule has 0 radical (unpaired) electrons. The van der Waals surface area contributed by atoms with Crippen molar-refractivity contribution in [3.05, 3.63) is 36.0 Å². The molecule has 172 valence electrons. The highest BCUT2D eigenvalue weighted by atomic mass is 16.5. The zero-order chi connectivity index (χ0) is 22.1. The Labute approximate surface area is 189 Å². The Bertz CT molecular complexity index is 990. The first-order chi connectivity index (χ1) is 15.6. The number of nitrogens with zero attached hydrogens (tertiary/aromatic N) is 3. The third kappa shape index (κ3) is 3.92. The smallest absolute Gasteiger partial charge is 0.271 e. The van der Waals surface area contributed by atoms with Crippen molar-refractivity contribution in [2.45, 2.75) is 57.2 Å². The standard InChI is InChI=1S/C25H34N4O3/c1-25(24(31)26-20-8-3-2-4-9-20)18-28-21-10-6-5-7-19(21)17-22(28)23(30)29(25)12-11-27-13-15-32-16-14-27/h5-7,10,17,20H,2-4,8-9,11-16,18H2,1H3,(H,26,31)/t25-/m1/s1. The fourth-order valence-corrected chi connectivity index (χ4v) is 5.51. The summed E-state index contributed by atoms with van der Waals surface area (Å²) < 4.78 is 7.51. The van der Waals surface area contributed by atoms with Crippen molar-refractivity contribution in [2.75, 3.05) is 39.4 Å². The van der Waals surface area contributed by atoms with Gasteiger partial charge < -0.3 is 19.5 Å². The number of hydrogen-bond donors (Lipinski definition) is 1. The zero-order valence-corrected chi connectivity index (χ0v) is 19.0. The molecule has 3 heterocycles. The van der Waals surface area contributed by atoms with Crippen LogP contribution in [0.15, 0.2) is 30.3 Å². The molecule has 1 N–H and O–H groups in total. The van der Waals surface area contributed by atoms with Crippen molar-refractivity contribution >= 4 is 22.7 Å². The zero-order valence-electron chi connectivity index (χ0n) is 19.0. The van der Waals surface area contributed by atoms with Gasteiger partial charge in [-0.1, -0.05) is 37.5 Å². The van der Waals surface area contributed by atoms with Gasteiger partial charge in [0.25, 0.3) is 5.91 Å². The maximum atomic E-state index is 13.8. The number of carbonyl (C=O) groups excluding carboxylic acids is 2. The summed E-state index contributed by atoms with van der Waals surface area (Å²) in [6.07, 6.45) is 5.62. The van der Waals surface area contributed by atoms with Crippen LogP contribution in [0.25, 0.3) is 10.9 Å². The molecule has 2 aromatic rings. The minimum Gasteiger partial charge on any atom is -0.379 e. The lowest BCUT2D eigenvalue weighted by Gasteiger charge is -2.45. The molecule has 0 bridgehead atoms. The third-order valence-corrected chi connectivity index (χ3v) is 7.51. The van der Waals surface area contributed by atoms with E-state index in [0.717, 1.165) is 69.4 Å². The number of amides is 2. The number of para-hydroxylation sites is 1. The molecule has 2 fully saturated rings. The maximum absolute atomic E-state index is 13.8. The van der Waals surface area contributed by atoms with E-state index in [9.17, 15) is 9.59 Å². The second kappa shape index (κ2) is 8.87. The highest BCUT2D eigenvalue weighted by Crippen LogP contribution is 2.32. The SMILES string of the molecule is C[C@]1(C(=O)NC2CCCCC2)Cn2c(cc3ccccc32)C(=O)N1CCN1CCOCC1. The number of nitrogens with one attached hydrogen (secondary N) is 1. The van der Waals surface area contributed by atoms with Crippen molar-refractivity contribution in [1.29, 1.82) is 0 Å². The highest BCUT2D eigenvalue weighted by molar-refractivity contribution is 6.03. The van der Waals surface area contributed by atoms with Crippen LogP contribution in [-0.4, -0.2) is 77.2 Å². The van der Waals surface area contributed by atoms with Crippen LogP contribution >= 0.6 is 0 Å². The van der Waals surface area contributed by atoms with Gasteiger partial charge >= 0.3 is 0 Å². The molecule has 7 nitrogen and oxygen atoms in total. The van der Waals surface area contributed by atoms with E-state index in [4.69, 9.17) is 4.74 Å². The molecule has 1 aromatic carbocycles. The van der Waals surface area contributed by atoms with Crippen molar-refractivity contribution in [2.24, 2.45) is 0 Å². The Morgan fingerprint density at radius 2 is 1.88 bits per heavy atom. The van der Waals surface area contributed by atoms with Gasteiger partial charge in [-0.3, -0.25) is 14.5 Å². The maximum Gasteiger partial charge on any atom is 0.271 e. The van der Waals surface area contributed by atoms with Gasteiger partial charge in [-0.15, -0.1) is 0 Å². The van der Waals surface area contributed by atoms with Gasteiger partial charge in [0, 0.05) is 43.1 Å². The van der Waals surface area contributed by atoms with Crippen LogP contribution in [-0.2, 0) is 16.1 Å². The van der Waals surface area contributed by atoms with Crippen LogP contribution in [0.3, 0.4) is 0 Å². The van der Waals surface area contributed by atoms with Gasteiger partial charge in [-0.25, -0.2) is 0 Å². The Morgan fingerprint density at radius 1 is 1.12 bits per heavy atom. The number of aromatic nitrogens is 1. The fraction of sp³-hybridized carbons (Fsp3) is 0.600. The lowest BCUT2D eigenvalue weighted by Crippen LogP contribution is -2.66. The van der Waals surface area contributed by atoms with Gasteiger partial charge in [-0.2, -0.15) is 0 Å². The monoisotopic (exact) mass is 438 g/mol. The van der Waals surface area contributed by atoms with Gasteiger partial charge in [-0.05, 0) is 31.9 Å². The molecule has 0 spiro atoms. The fourth-order valence-electron chi connectivity index (χ4n) is 5.51. The summed E-state index contributed by atoms with van der Waals surface area (Å²) in [7, 11) is 0. The Morgan fingerprint density at radius 3 is 2.66 bits per heavy atom. The summed E-state index contributed by atoms with van der Waals surface area (Å²) in [4.78, 5) is 31.6. The first kappa shape index (κ1) is 21.5. The number of fused-ring (bicyclic) bond motifs is 3. The molecule has 3 aliphatic rings. The quantitative estimate of drug-likeness (QED) is 0.779. The van der Waals surface area contributed by atoms with Crippen molar-refractivity contribution in [3.63, 3.8) is 0 Å². The molecule has 2 amide bonds. The largest absolute Gasteiger partial charge is 0.379 e. The van der Waals surface area contributed by atoms with E-state index in [1.54, 1.807) is 0 Å². The van der Waals surface area contributed by atoms with E-state index >= 15 is 0 Å². The van der Waals surface area contributed by atoms with E-state index < -0.39 is 5.54 Å². The summed E-state index contributed by atoms with van der Waals surface area (Å²) in [5.74, 6) is -0.0786. The summed E-state index contributed by atoms with van der Waals surface area (Å²) in [6.45, 7) is 6.89. The topological polar surface area (TPSA) is 66.8 Å². The predicted molar refractivity (Wildman–Crippen MR) is 124 cm³/mol. The number of carbonyl (C=O) groups is 2. The third-order valence-electron chi connectivity index (χ3n) is 7.51. The molecule has 1 atom stereocenters. The summed E-state index contributed by atoms with van der Waals surface area (Å²) in [5, 5.41) is 4.35. The van der Waals surface area contributed by atoms with E-state index in [2.05, 4.69) is 10.2 Å². The van der Waals surface area contributed by atoms with Crippen molar-refractivity contribution in [3.8, 4) is 0 Å². The lowest BCUT2D eigenvalue weighted by atomic mass is 9.91. The molecular formula is C25H34N4O3. The molecule has 1 aliphatic carbocycles. The van der Waals surface area contributed by atoms with Gasteiger partial charge in [0.05, 0.1) is 19.8 Å². The molecule has 0 unspecified atom stereocenters.